The van der Waals surface area contributed by atoms with Crippen LogP contribution in [-0.4, -0.2) is 29.2 Å². The minimum atomic E-state index is -0.764. The number of hydrogen-bond donors (Lipinski definition) is 2. The van der Waals surface area contributed by atoms with E-state index in [1.807, 2.05) is 30.3 Å². The summed E-state index contributed by atoms with van der Waals surface area (Å²) < 4.78 is 5.04. The normalized spacial score (nSPS) is 12.2. The highest BCUT2D eigenvalue weighted by Crippen LogP contribution is 2.26. The first kappa shape index (κ1) is 17.8. The number of aryl methyl sites for hydroxylation is 1. The van der Waals surface area contributed by atoms with Crippen LogP contribution in [0.3, 0.4) is 0 Å². The molecule has 0 aromatic heterocycles. The monoisotopic (exact) mass is 326 g/mol. The number of phenolic OH excluding ortho intramolecular Hbond substituents is 1. The number of benzene rings is 2. The predicted molar refractivity (Wildman–Crippen MR) is 93.3 cm³/mol. The third-order valence-corrected chi connectivity index (χ3v) is 3.70. The van der Waals surface area contributed by atoms with Gasteiger partial charge in [-0.05, 0) is 35.8 Å². The number of methoxy groups -OCH3 is 1. The van der Waals surface area contributed by atoms with Gasteiger partial charge >= 0.3 is 0 Å². The second-order valence-electron chi connectivity index (χ2n) is 5.59. The first-order chi connectivity index (χ1) is 11.6. The van der Waals surface area contributed by atoms with Crippen LogP contribution in [0.15, 0.2) is 60.7 Å². The number of aliphatic hydroxyl groups is 1. The van der Waals surface area contributed by atoms with Crippen molar-refractivity contribution in [2.75, 3.05) is 7.11 Å². The van der Waals surface area contributed by atoms with Crippen molar-refractivity contribution in [1.82, 2.24) is 0 Å². The number of aromatic hydroxyl groups is 1. The molecule has 0 heterocycles. The Kier molecular flexibility index (Phi) is 6.58. The average Bonchev–Trinajstić information content (AvgIpc) is 2.60. The molecule has 2 N–H and O–H groups in total. The van der Waals surface area contributed by atoms with Gasteiger partial charge in [-0.3, -0.25) is 4.79 Å². The minimum Gasteiger partial charge on any atom is -0.504 e. The number of ketones is 1. The van der Waals surface area contributed by atoms with E-state index in [1.165, 1.54) is 25.3 Å². The molecule has 2 aromatic carbocycles. The summed E-state index contributed by atoms with van der Waals surface area (Å²) in [5.41, 5.74) is 1.94. The van der Waals surface area contributed by atoms with Gasteiger partial charge in [-0.15, -0.1) is 0 Å². The van der Waals surface area contributed by atoms with E-state index in [1.54, 1.807) is 12.1 Å². The molecule has 126 valence electrons. The van der Waals surface area contributed by atoms with Crippen LogP contribution in [0.1, 0.15) is 17.5 Å². The average molecular weight is 326 g/mol. The minimum absolute atomic E-state index is 0.0128. The van der Waals surface area contributed by atoms with Crippen molar-refractivity contribution < 1.29 is 19.7 Å². The van der Waals surface area contributed by atoms with Crippen LogP contribution in [0.25, 0.3) is 0 Å². The number of carbonyl (C=O) groups is 1. The Labute approximate surface area is 142 Å². The van der Waals surface area contributed by atoms with Crippen LogP contribution in [-0.2, 0) is 17.6 Å². The maximum Gasteiger partial charge on any atom is 0.160 e. The lowest BCUT2D eigenvalue weighted by atomic mass is 10.0. The Morgan fingerprint density at radius 1 is 1.17 bits per heavy atom. The zero-order valence-electron chi connectivity index (χ0n) is 13.7. The lowest BCUT2D eigenvalue weighted by Gasteiger charge is -2.09. The fourth-order valence-electron chi connectivity index (χ4n) is 2.37. The zero-order valence-corrected chi connectivity index (χ0v) is 13.7. The van der Waals surface area contributed by atoms with E-state index in [0.717, 1.165) is 11.1 Å². The van der Waals surface area contributed by atoms with Gasteiger partial charge in [0.1, 0.15) is 0 Å². The number of allylic oxidation sites excluding steroid dienone is 1. The van der Waals surface area contributed by atoms with Gasteiger partial charge in [-0.2, -0.15) is 0 Å². The van der Waals surface area contributed by atoms with E-state index in [-0.39, 0.29) is 11.5 Å². The summed E-state index contributed by atoms with van der Waals surface area (Å²) in [6.45, 7) is 0. The fourth-order valence-corrected chi connectivity index (χ4v) is 2.37. The van der Waals surface area contributed by atoms with E-state index >= 15 is 0 Å². The number of carbonyl (C=O) groups excluding carboxylic acids is 1. The van der Waals surface area contributed by atoms with Gasteiger partial charge in [-0.25, -0.2) is 0 Å². The van der Waals surface area contributed by atoms with Gasteiger partial charge in [0, 0.05) is 12.8 Å². The number of ether oxygens (including phenoxy) is 1. The SMILES string of the molecule is COc1cc(C[C@@H](O)/C=C/C(=O)CCc2ccccc2)ccc1O. The molecule has 0 aliphatic carbocycles. The molecule has 0 saturated heterocycles. The first-order valence-electron chi connectivity index (χ1n) is 7.87. The third-order valence-electron chi connectivity index (χ3n) is 3.70. The lowest BCUT2D eigenvalue weighted by molar-refractivity contribution is -0.114. The summed E-state index contributed by atoms with van der Waals surface area (Å²) in [5, 5.41) is 19.6. The summed E-state index contributed by atoms with van der Waals surface area (Å²) in [5.74, 6) is 0.408. The Bertz CT molecular complexity index is 692. The number of aliphatic hydroxyl groups excluding tert-OH is 1. The van der Waals surface area contributed by atoms with Crippen molar-refractivity contribution in [2.24, 2.45) is 0 Å². The molecule has 4 nitrogen and oxygen atoms in total. The Balaban J connectivity index is 1.83. The van der Waals surface area contributed by atoms with Crippen molar-refractivity contribution in [3.8, 4) is 11.5 Å². The highest BCUT2D eigenvalue weighted by Gasteiger charge is 2.07. The van der Waals surface area contributed by atoms with E-state index in [9.17, 15) is 15.0 Å². The standard InChI is InChI=1S/C20H22O4/c1-24-20-14-16(8-12-19(20)23)13-18(22)11-10-17(21)9-7-15-5-3-2-4-6-15/h2-6,8,10-12,14,18,22-23H,7,9,13H2,1H3/b11-10+/t18-/m0/s1. The first-order valence-corrected chi connectivity index (χ1v) is 7.87. The summed E-state index contributed by atoms with van der Waals surface area (Å²) in [6.07, 6.45) is 3.63. The van der Waals surface area contributed by atoms with Crippen LogP contribution >= 0.6 is 0 Å². The molecule has 2 rings (SSSR count). The lowest BCUT2D eigenvalue weighted by Crippen LogP contribution is -2.08. The topological polar surface area (TPSA) is 66.8 Å². The molecule has 0 amide bonds. The maximum absolute atomic E-state index is 11.9. The number of phenols is 1. The van der Waals surface area contributed by atoms with Crippen LogP contribution in [0.4, 0.5) is 0 Å². The Morgan fingerprint density at radius 3 is 2.62 bits per heavy atom. The van der Waals surface area contributed by atoms with Gasteiger partial charge in [0.25, 0.3) is 0 Å². The molecule has 24 heavy (non-hydrogen) atoms. The maximum atomic E-state index is 11.9. The van der Waals surface area contributed by atoms with Gasteiger partial charge in [0.05, 0.1) is 13.2 Å². The molecule has 2 aromatic rings. The smallest absolute Gasteiger partial charge is 0.160 e. The Morgan fingerprint density at radius 2 is 1.92 bits per heavy atom. The highest BCUT2D eigenvalue weighted by molar-refractivity contribution is 5.89. The molecule has 0 saturated carbocycles. The van der Waals surface area contributed by atoms with Crippen LogP contribution in [0, 0.1) is 0 Å². The quantitative estimate of drug-likeness (QED) is 0.732. The predicted octanol–water partition coefficient (Wildman–Crippen LogP) is 3.06. The van der Waals surface area contributed by atoms with Gasteiger partial charge in [0.15, 0.2) is 17.3 Å². The van der Waals surface area contributed by atoms with Crippen molar-refractivity contribution in [3.63, 3.8) is 0 Å². The van der Waals surface area contributed by atoms with Gasteiger partial charge in [0.2, 0.25) is 0 Å². The largest absolute Gasteiger partial charge is 0.504 e. The second kappa shape index (κ2) is 8.89. The van der Waals surface area contributed by atoms with Crippen molar-refractivity contribution in [3.05, 3.63) is 71.8 Å². The fraction of sp³-hybridized carbons (Fsp3) is 0.250. The summed E-state index contributed by atoms with van der Waals surface area (Å²) in [6, 6.07) is 14.7. The third kappa shape index (κ3) is 5.56. The van der Waals surface area contributed by atoms with Crippen molar-refractivity contribution >= 4 is 5.78 Å². The molecule has 0 aliphatic rings. The van der Waals surface area contributed by atoms with Crippen molar-refractivity contribution in [2.45, 2.75) is 25.4 Å². The molecule has 1 atom stereocenters. The molecule has 0 bridgehead atoms. The molecule has 0 radical (unpaired) electrons. The number of hydrogen-bond acceptors (Lipinski definition) is 4. The van der Waals surface area contributed by atoms with Crippen LogP contribution < -0.4 is 4.74 Å². The molecular formula is C20H22O4. The highest BCUT2D eigenvalue weighted by atomic mass is 16.5. The van der Waals surface area contributed by atoms with Gasteiger partial charge in [-0.1, -0.05) is 42.5 Å². The molecule has 0 spiro atoms. The zero-order chi connectivity index (χ0) is 17.4. The molecule has 0 unspecified atom stereocenters. The van der Waals surface area contributed by atoms with Gasteiger partial charge < -0.3 is 14.9 Å². The second-order valence-corrected chi connectivity index (χ2v) is 5.59. The molecule has 4 heteroatoms. The summed E-state index contributed by atoms with van der Waals surface area (Å²) >= 11 is 0. The van der Waals surface area contributed by atoms with E-state index < -0.39 is 6.10 Å². The molecule has 0 fully saturated rings. The van der Waals surface area contributed by atoms with E-state index in [4.69, 9.17) is 4.74 Å². The number of rotatable bonds is 8. The van der Waals surface area contributed by atoms with E-state index in [0.29, 0.717) is 25.0 Å². The van der Waals surface area contributed by atoms with Crippen LogP contribution in [0.2, 0.25) is 0 Å². The molecular weight excluding hydrogens is 304 g/mol. The summed E-state index contributed by atoms with van der Waals surface area (Å²) in [4.78, 5) is 11.9. The van der Waals surface area contributed by atoms with Crippen molar-refractivity contribution in [1.29, 1.82) is 0 Å². The van der Waals surface area contributed by atoms with E-state index in [2.05, 4.69) is 0 Å². The summed E-state index contributed by atoms with van der Waals surface area (Å²) in [7, 11) is 1.47. The molecule has 0 aliphatic heterocycles. The van der Waals surface area contributed by atoms with Crippen LogP contribution in [0.5, 0.6) is 11.5 Å². The Hall–Kier alpha value is -2.59.